The second kappa shape index (κ2) is 6.35. The van der Waals surface area contributed by atoms with Gasteiger partial charge in [0.1, 0.15) is 5.75 Å². The van der Waals surface area contributed by atoms with E-state index in [0.717, 1.165) is 23.6 Å². The Bertz CT molecular complexity index is 842. The van der Waals surface area contributed by atoms with E-state index in [9.17, 15) is 8.78 Å². The van der Waals surface area contributed by atoms with Crippen LogP contribution in [0, 0.1) is 6.92 Å². The molecule has 0 radical (unpaired) electrons. The third-order valence-electron chi connectivity index (χ3n) is 3.68. The Labute approximate surface area is 139 Å². The lowest BCUT2D eigenvalue weighted by atomic mass is 10.0. The second-order valence-corrected chi connectivity index (χ2v) is 5.56. The minimum atomic E-state index is -2.87. The molecule has 0 bridgehead atoms. The third-order valence-corrected chi connectivity index (χ3v) is 3.68. The predicted molar refractivity (Wildman–Crippen MR) is 88.3 cm³/mol. The second-order valence-electron chi connectivity index (χ2n) is 5.56. The Morgan fingerprint density at radius 2 is 1.71 bits per heavy atom. The van der Waals surface area contributed by atoms with Gasteiger partial charge in [-0.15, -0.1) is 0 Å². The molecule has 24 heavy (non-hydrogen) atoms. The Balaban J connectivity index is 1.93. The summed E-state index contributed by atoms with van der Waals surface area (Å²) in [6.45, 7) is 2.84. The highest BCUT2D eigenvalue weighted by Gasteiger charge is 2.23. The van der Waals surface area contributed by atoms with Crippen LogP contribution in [-0.2, 0) is 5.92 Å². The molecule has 0 unspecified atom stereocenters. The molecular weight excluding hydrogens is 310 g/mol. The van der Waals surface area contributed by atoms with E-state index in [4.69, 9.17) is 4.74 Å². The number of nitrogens with zero attached hydrogens (tertiary/aromatic N) is 2. The summed E-state index contributed by atoms with van der Waals surface area (Å²) in [6, 6.07) is 11.4. The van der Waals surface area contributed by atoms with Crippen molar-refractivity contribution in [1.82, 2.24) is 9.97 Å². The molecule has 5 heteroatoms. The van der Waals surface area contributed by atoms with Crippen molar-refractivity contribution in [3.8, 4) is 22.8 Å². The topological polar surface area (TPSA) is 35.0 Å². The lowest BCUT2D eigenvalue weighted by Crippen LogP contribution is -2.06. The lowest BCUT2D eigenvalue weighted by molar-refractivity contribution is 0.0174. The van der Waals surface area contributed by atoms with Crippen molar-refractivity contribution in [3.63, 3.8) is 0 Å². The number of halogens is 2. The van der Waals surface area contributed by atoms with Crippen molar-refractivity contribution in [2.45, 2.75) is 19.8 Å². The number of ether oxygens (including phenoxy) is 1. The van der Waals surface area contributed by atoms with E-state index in [-0.39, 0.29) is 5.56 Å². The fraction of sp³-hybridized carbons (Fsp3) is 0.158. The zero-order valence-corrected chi connectivity index (χ0v) is 13.3. The van der Waals surface area contributed by atoms with E-state index in [1.807, 2.05) is 25.1 Å². The van der Waals surface area contributed by atoms with E-state index >= 15 is 0 Å². The Kier molecular flexibility index (Phi) is 4.25. The van der Waals surface area contributed by atoms with Gasteiger partial charge in [-0.2, -0.15) is 0 Å². The SMILES string of the molecule is Cc1ccncc1-c1cccnc1Oc1ccc(C(C)(F)F)cc1. The number of rotatable bonds is 4. The number of alkyl halides is 2. The lowest BCUT2D eigenvalue weighted by Gasteiger charge is -2.13. The van der Waals surface area contributed by atoms with E-state index in [2.05, 4.69) is 9.97 Å². The minimum Gasteiger partial charge on any atom is -0.438 e. The van der Waals surface area contributed by atoms with Gasteiger partial charge in [-0.1, -0.05) is 0 Å². The normalized spacial score (nSPS) is 11.3. The first-order chi connectivity index (χ1) is 11.4. The Morgan fingerprint density at radius 1 is 0.958 bits per heavy atom. The summed E-state index contributed by atoms with van der Waals surface area (Å²) < 4.78 is 32.4. The number of aromatic nitrogens is 2. The van der Waals surface area contributed by atoms with Crippen molar-refractivity contribution in [1.29, 1.82) is 0 Å². The van der Waals surface area contributed by atoms with E-state index in [1.165, 1.54) is 24.3 Å². The van der Waals surface area contributed by atoms with E-state index < -0.39 is 5.92 Å². The van der Waals surface area contributed by atoms with Crippen LogP contribution in [-0.4, -0.2) is 9.97 Å². The maximum absolute atomic E-state index is 13.3. The highest BCUT2D eigenvalue weighted by Crippen LogP contribution is 2.34. The molecular formula is C19H16F2N2O. The highest BCUT2D eigenvalue weighted by molar-refractivity contribution is 5.70. The molecule has 0 spiro atoms. The fourth-order valence-corrected chi connectivity index (χ4v) is 2.35. The molecule has 0 fully saturated rings. The number of hydrogen-bond donors (Lipinski definition) is 0. The van der Waals surface area contributed by atoms with Gasteiger partial charge in [-0.3, -0.25) is 4.98 Å². The molecule has 3 nitrogen and oxygen atoms in total. The number of hydrogen-bond acceptors (Lipinski definition) is 3. The van der Waals surface area contributed by atoms with Crippen molar-refractivity contribution >= 4 is 0 Å². The van der Waals surface area contributed by atoms with Gasteiger partial charge in [0, 0.05) is 42.2 Å². The average molecular weight is 326 g/mol. The van der Waals surface area contributed by atoms with Crippen LogP contribution in [0.2, 0.25) is 0 Å². The zero-order valence-electron chi connectivity index (χ0n) is 13.3. The van der Waals surface area contributed by atoms with Gasteiger partial charge >= 0.3 is 0 Å². The van der Waals surface area contributed by atoms with Crippen molar-refractivity contribution < 1.29 is 13.5 Å². The fourth-order valence-electron chi connectivity index (χ4n) is 2.35. The molecule has 2 heterocycles. The summed E-state index contributed by atoms with van der Waals surface area (Å²) in [6.07, 6.45) is 5.10. The molecule has 0 aliphatic rings. The minimum absolute atomic E-state index is 0.0563. The van der Waals surface area contributed by atoms with Gasteiger partial charge in [0.15, 0.2) is 0 Å². The molecule has 0 N–H and O–H groups in total. The summed E-state index contributed by atoms with van der Waals surface area (Å²) in [5.41, 5.74) is 2.70. The van der Waals surface area contributed by atoms with E-state index in [1.54, 1.807) is 18.6 Å². The molecule has 2 aromatic heterocycles. The molecule has 3 rings (SSSR count). The van der Waals surface area contributed by atoms with Crippen LogP contribution in [0.1, 0.15) is 18.1 Å². The quantitative estimate of drug-likeness (QED) is 0.648. The van der Waals surface area contributed by atoms with Gasteiger partial charge in [0.25, 0.3) is 5.92 Å². The Hall–Kier alpha value is -2.82. The first kappa shape index (κ1) is 16.1. The molecule has 0 amide bonds. The summed E-state index contributed by atoms with van der Waals surface area (Å²) >= 11 is 0. The summed E-state index contributed by atoms with van der Waals surface area (Å²) in [5.74, 6) is -2.02. The molecule has 0 aliphatic carbocycles. The Morgan fingerprint density at radius 3 is 2.38 bits per heavy atom. The van der Waals surface area contributed by atoms with Crippen LogP contribution in [0.25, 0.3) is 11.1 Å². The van der Waals surface area contributed by atoms with Crippen LogP contribution in [0.5, 0.6) is 11.6 Å². The van der Waals surface area contributed by atoms with Crippen molar-refractivity contribution in [2.24, 2.45) is 0 Å². The molecule has 0 aliphatic heterocycles. The standard InChI is InChI=1S/C19H16F2N2O/c1-13-9-11-22-12-17(13)16-4-3-10-23-18(16)24-15-7-5-14(6-8-15)19(2,20)21/h3-12H,1-2H3. The van der Waals surface area contributed by atoms with Crippen molar-refractivity contribution in [3.05, 3.63) is 72.2 Å². The van der Waals surface area contributed by atoms with Crippen LogP contribution in [0.15, 0.2) is 61.1 Å². The summed E-state index contributed by atoms with van der Waals surface area (Å²) in [4.78, 5) is 8.41. The van der Waals surface area contributed by atoms with Gasteiger partial charge in [-0.25, -0.2) is 13.8 Å². The zero-order chi connectivity index (χ0) is 17.2. The monoisotopic (exact) mass is 326 g/mol. The predicted octanol–water partition coefficient (Wildman–Crippen LogP) is 5.36. The van der Waals surface area contributed by atoms with Crippen LogP contribution >= 0.6 is 0 Å². The molecule has 1 aromatic carbocycles. The van der Waals surface area contributed by atoms with Crippen LogP contribution in [0.3, 0.4) is 0 Å². The summed E-state index contributed by atoms with van der Waals surface area (Å²) in [7, 11) is 0. The average Bonchev–Trinajstić information content (AvgIpc) is 2.56. The van der Waals surface area contributed by atoms with Gasteiger partial charge in [0.05, 0.1) is 0 Å². The highest BCUT2D eigenvalue weighted by atomic mass is 19.3. The molecule has 0 atom stereocenters. The smallest absolute Gasteiger partial charge is 0.270 e. The van der Waals surface area contributed by atoms with Crippen LogP contribution < -0.4 is 4.74 Å². The van der Waals surface area contributed by atoms with Crippen LogP contribution in [0.4, 0.5) is 8.78 Å². The molecule has 122 valence electrons. The molecule has 3 aromatic rings. The first-order valence-electron chi connectivity index (χ1n) is 7.47. The van der Waals surface area contributed by atoms with Gasteiger partial charge in [0.2, 0.25) is 5.88 Å². The van der Waals surface area contributed by atoms with Crippen molar-refractivity contribution in [2.75, 3.05) is 0 Å². The largest absolute Gasteiger partial charge is 0.438 e. The van der Waals surface area contributed by atoms with E-state index in [0.29, 0.717) is 11.6 Å². The summed E-state index contributed by atoms with van der Waals surface area (Å²) in [5, 5.41) is 0. The maximum atomic E-state index is 13.3. The molecule has 0 saturated heterocycles. The number of aryl methyl sites for hydroxylation is 1. The maximum Gasteiger partial charge on any atom is 0.270 e. The number of benzene rings is 1. The third kappa shape index (κ3) is 3.40. The van der Waals surface area contributed by atoms with Gasteiger partial charge in [-0.05, 0) is 55.0 Å². The van der Waals surface area contributed by atoms with Gasteiger partial charge < -0.3 is 4.74 Å². The molecule has 0 saturated carbocycles. The first-order valence-corrected chi connectivity index (χ1v) is 7.47. The number of pyridine rings is 2.